The number of hydrogen-bond donors (Lipinski definition) is 2. The smallest absolute Gasteiger partial charge is 0.317 e. The van der Waals surface area contributed by atoms with Crippen LogP contribution in [0.2, 0.25) is 0 Å². The molecule has 0 aliphatic carbocycles. The number of aromatic nitrogens is 1. The third-order valence-electron chi connectivity index (χ3n) is 4.31. The summed E-state index contributed by atoms with van der Waals surface area (Å²) >= 11 is 0. The highest BCUT2D eigenvalue weighted by atomic mass is 16.5. The molecule has 7 nitrogen and oxygen atoms in total. The first-order chi connectivity index (χ1) is 12.5. The lowest BCUT2D eigenvalue weighted by Crippen LogP contribution is -2.46. The van der Waals surface area contributed by atoms with Crippen molar-refractivity contribution in [2.75, 3.05) is 38.7 Å². The number of aromatic hydroxyl groups is 1. The van der Waals surface area contributed by atoms with Crippen molar-refractivity contribution in [3.05, 3.63) is 53.7 Å². The molecule has 2 amide bonds. The molecule has 0 saturated carbocycles. The maximum Gasteiger partial charge on any atom is 0.317 e. The number of phenolic OH excluding ortho intramolecular Hbond substituents is 1. The topological polar surface area (TPSA) is 77.9 Å². The number of nitrogens with one attached hydrogen (secondary N) is 1. The lowest BCUT2D eigenvalue weighted by molar-refractivity contribution is -0.0155. The van der Waals surface area contributed by atoms with Crippen LogP contribution >= 0.6 is 0 Å². The van der Waals surface area contributed by atoms with Gasteiger partial charge in [-0.05, 0) is 35.4 Å². The maximum absolute atomic E-state index is 12.5. The number of carbonyl (C=O) groups excluding carboxylic acids is 1. The van der Waals surface area contributed by atoms with Gasteiger partial charge in [-0.25, -0.2) is 9.78 Å². The highest BCUT2D eigenvalue weighted by Crippen LogP contribution is 2.25. The van der Waals surface area contributed by atoms with Crippen molar-refractivity contribution in [1.82, 2.24) is 15.2 Å². The number of phenols is 1. The molecule has 1 aliphatic heterocycles. The molecule has 0 radical (unpaired) electrons. The van der Waals surface area contributed by atoms with Crippen LogP contribution in [0.3, 0.4) is 0 Å². The lowest BCUT2D eigenvalue weighted by atomic mass is 10.1. The number of morpholine rings is 1. The summed E-state index contributed by atoms with van der Waals surface area (Å²) in [5.41, 5.74) is 1.86. The molecule has 26 heavy (non-hydrogen) atoms. The summed E-state index contributed by atoms with van der Waals surface area (Å²) in [6.45, 7) is 1.90. The zero-order valence-corrected chi connectivity index (χ0v) is 15.1. The van der Waals surface area contributed by atoms with E-state index in [-0.39, 0.29) is 17.9 Å². The highest BCUT2D eigenvalue weighted by molar-refractivity contribution is 5.74. The molecule has 2 heterocycles. The van der Waals surface area contributed by atoms with E-state index in [2.05, 4.69) is 10.3 Å². The molecule has 1 atom stereocenters. The molecule has 1 fully saturated rings. The molecule has 0 spiro atoms. The first-order valence-corrected chi connectivity index (χ1v) is 8.58. The number of rotatable bonds is 4. The molecule has 0 bridgehead atoms. The molecule has 1 unspecified atom stereocenters. The summed E-state index contributed by atoms with van der Waals surface area (Å²) in [7, 11) is 3.86. The van der Waals surface area contributed by atoms with E-state index < -0.39 is 0 Å². The van der Waals surface area contributed by atoms with Gasteiger partial charge in [0.1, 0.15) is 17.7 Å². The first-order valence-electron chi connectivity index (χ1n) is 8.58. The van der Waals surface area contributed by atoms with E-state index in [1.165, 1.54) is 0 Å². The average molecular weight is 356 g/mol. The normalized spacial score (nSPS) is 17.0. The SMILES string of the molecule is CN(C)c1cc(CNC(=O)N2CCOC(c3cccc(O)c3)C2)ccn1. The maximum atomic E-state index is 12.5. The van der Waals surface area contributed by atoms with Crippen LogP contribution in [0.25, 0.3) is 0 Å². The second-order valence-electron chi connectivity index (χ2n) is 6.48. The van der Waals surface area contributed by atoms with Gasteiger partial charge >= 0.3 is 6.03 Å². The quantitative estimate of drug-likeness (QED) is 0.878. The predicted octanol–water partition coefficient (Wildman–Crippen LogP) is 2.14. The number of nitrogens with zero attached hydrogens (tertiary/aromatic N) is 3. The van der Waals surface area contributed by atoms with Gasteiger partial charge in [-0.1, -0.05) is 12.1 Å². The zero-order chi connectivity index (χ0) is 18.5. The van der Waals surface area contributed by atoms with Crippen LogP contribution in [-0.4, -0.2) is 54.8 Å². The standard InChI is InChI=1S/C19H24N4O3/c1-22(2)18-10-14(6-7-20-18)12-21-19(25)23-8-9-26-17(13-23)15-4-3-5-16(24)11-15/h3-7,10-11,17,24H,8-9,12-13H2,1-2H3,(H,21,25). The van der Waals surface area contributed by atoms with Crippen LogP contribution in [0.5, 0.6) is 5.75 Å². The minimum Gasteiger partial charge on any atom is -0.508 e. The number of ether oxygens (including phenoxy) is 1. The first kappa shape index (κ1) is 18.0. The Morgan fingerprint density at radius 2 is 2.23 bits per heavy atom. The van der Waals surface area contributed by atoms with Gasteiger partial charge in [0.15, 0.2) is 0 Å². The summed E-state index contributed by atoms with van der Waals surface area (Å²) in [6, 6.07) is 10.7. The Morgan fingerprint density at radius 3 is 3.00 bits per heavy atom. The molecular formula is C19H24N4O3. The Balaban J connectivity index is 1.58. The Morgan fingerprint density at radius 1 is 1.38 bits per heavy atom. The largest absolute Gasteiger partial charge is 0.508 e. The minimum atomic E-state index is -0.233. The minimum absolute atomic E-state index is 0.123. The molecule has 1 aromatic carbocycles. The monoisotopic (exact) mass is 356 g/mol. The van der Waals surface area contributed by atoms with E-state index in [1.54, 1.807) is 29.3 Å². The van der Waals surface area contributed by atoms with E-state index in [0.717, 1.165) is 16.9 Å². The zero-order valence-electron chi connectivity index (χ0n) is 15.1. The van der Waals surface area contributed by atoms with E-state index in [1.807, 2.05) is 37.2 Å². The fraction of sp³-hybridized carbons (Fsp3) is 0.368. The number of pyridine rings is 1. The van der Waals surface area contributed by atoms with Gasteiger partial charge in [-0.3, -0.25) is 0 Å². The van der Waals surface area contributed by atoms with Gasteiger partial charge in [-0.15, -0.1) is 0 Å². The number of benzene rings is 1. The van der Waals surface area contributed by atoms with Crippen molar-refractivity contribution in [3.8, 4) is 5.75 Å². The van der Waals surface area contributed by atoms with E-state index in [9.17, 15) is 9.90 Å². The van der Waals surface area contributed by atoms with Gasteiger partial charge in [0.25, 0.3) is 0 Å². The van der Waals surface area contributed by atoms with Crippen molar-refractivity contribution < 1.29 is 14.6 Å². The van der Waals surface area contributed by atoms with E-state index >= 15 is 0 Å². The molecule has 1 saturated heterocycles. The van der Waals surface area contributed by atoms with Gasteiger partial charge in [0.2, 0.25) is 0 Å². The van der Waals surface area contributed by atoms with Crippen molar-refractivity contribution in [2.24, 2.45) is 0 Å². The summed E-state index contributed by atoms with van der Waals surface area (Å²) in [5.74, 6) is 1.05. The van der Waals surface area contributed by atoms with E-state index in [0.29, 0.717) is 26.2 Å². The lowest BCUT2D eigenvalue weighted by Gasteiger charge is -2.33. The highest BCUT2D eigenvalue weighted by Gasteiger charge is 2.25. The third-order valence-corrected chi connectivity index (χ3v) is 4.31. The molecule has 1 aromatic heterocycles. The van der Waals surface area contributed by atoms with Crippen molar-refractivity contribution in [3.63, 3.8) is 0 Å². The number of amides is 2. The summed E-state index contributed by atoms with van der Waals surface area (Å²) < 4.78 is 5.76. The Kier molecular flexibility index (Phi) is 5.58. The molecule has 7 heteroatoms. The number of hydrogen-bond acceptors (Lipinski definition) is 5. The van der Waals surface area contributed by atoms with Crippen LogP contribution in [0.4, 0.5) is 10.6 Å². The Bertz CT molecular complexity index is 766. The van der Waals surface area contributed by atoms with E-state index in [4.69, 9.17) is 4.74 Å². The summed E-state index contributed by atoms with van der Waals surface area (Å²) in [4.78, 5) is 20.5. The molecule has 1 aliphatic rings. The van der Waals surface area contributed by atoms with Crippen LogP contribution in [0, 0.1) is 0 Å². The third kappa shape index (κ3) is 4.43. The number of urea groups is 1. The predicted molar refractivity (Wildman–Crippen MR) is 99.2 cm³/mol. The van der Waals surface area contributed by atoms with Gasteiger partial charge in [-0.2, -0.15) is 0 Å². The second kappa shape index (κ2) is 8.05. The fourth-order valence-corrected chi connectivity index (χ4v) is 2.87. The van der Waals surface area contributed by atoms with Crippen molar-refractivity contribution >= 4 is 11.8 Å². The van der Waals surface area contributed by atoms with Crippen LogP contribution in [0.1, 0.15) is 17.2 Å². The molecule has 2 N–H and O–H groups in total. The average Bonchev–Trinajstić information content (AvgIpc) is 2.66. The number of carbonyl (C=O) groups is 1. The van der Waals surface area contributed by atoms with Gasteiger partial charge in [0, 0.05) is 33.4 Å². The van der Waals surface area contributed by atoms with Gasteiger partial charge < -0.3 is 25.0 Å². The van der Waals surface area contributed by atoms with Crippen LogP contribution in [-0.2, 0) is 11.3 Å². The molecule has 3 rings (SSSR count). The fourth-order valence-electron chi connectivity index (χ4n) is 2.87. The number of anilines is 1. The molecule has 2 aromatic rings. The van der Waals surface area contributed by atoms with Crippen LogP contribution < -0.4 is 10.2 Å². The Hall–Kier alpha value is -2.80. The summed E-state index contributed by atoms with van der Waals surface area (Å²) in [5, 5.41) is 12.6. The van der Waals surface area contributed by atoms with Crippen molar-refractivity contribution in [2.45, 2.75) is 12.6 Å². The summed E-state index contributed by atoms with van der Waals surface area (Å²) in [6.07, 6.45) is 1.51. The van der Waals surface area contributed by atoms with Crippen molar-refractivity contribution in [1.29, 1.82) is 0 Å². The van der Waals surface area contributed by atoms with Crippen LogP contribution in [0.15, 0.2) is 42.6 Å². The Labute approximate surface area is 153 Å². The molecular weight excluding hydrogens is 332 g/mol. The second-order valence-corrected chi connectivity index (χ2v) is 6.48. The molecule has 138 valence electrons. The van der Waals surface area contributed by atoms with Gasteiger partial charge in [0.05, 0.1) is 13.2 Å².